The SMILES string of the molecule is CCn1cc(-c2ccc(Cl)cc2Cl)nc1C=Cc1cc(-c2ccc(O)cc2)ccc1F. The molecule has 0 atom stereocenters. The van der Waals surface area contributed by atoms with Gasteiger partial charge < -0.3 is 9.67 Å². The first-order valence-corrected chi connectivity index (χ1v) is 10.5. The van der Waals surface area contributed by atoms with Gasteiger partial charge in [0.05, 0.1) is 10.7 Å². The molecule has 0 saturated carbocycles. The van der Waals surface area contributed by atoms with Crippen LogP contribution in [0, 0.1) is 5.82 Å². The van der Waals surface area contributed by atoms with Gasteiger partial charge in [-0.15, -0.1) is 0 Å². The Hall–Kier alpha value is -3.08. The van der Waals surface area contributed by atoms with Crippen molar-refractivity contribution in [2.24, 2.45) is 0 Å². The average molecular weight is 453 g/mol. The summed E-state index contributed by atoms with van der Waals surface area (Å²) in [7, 11) is 0. The van der Waals surface area contributed by atoms with Crippen LogP contribution in [-0.4, -0.2) is 14.7 Å². The van der Waals surface area contributed by atoms with E-state index < -0.39 is 0 Å². The Bertz CT molecular complexity index is 1260. The van der Waals surface area contributed by atoms with Crippen molar-refractivity contribution in [2.45, 2.75) is 13.5 Å². The van der Waals surface area contributed by atoms with Crippen LogP contribution < -0.4 is 0 Å². The molecule has 0 radical (unpaired) electrons. The number of rotatable bonds is 5. The molecule has 0 fully saturated rings. The van der Waals surface area contributed by atoms with Crippen LogP contribution in [0.3, 0.4) is 0 Å². The third kappa shape index (κ3) is 4.66. The van der Waals surface area contributed by atoms with E-state index in [1.54, 1.807) is 60.7 Å². The minimum Gasteiger partial charge on any atom is -0.508 e. The van der Waals surface area contributed by atoms with Crippen molar-refractivity contribution >= 4 is 35.4 Å². The quantitative estimate of drug-likeness (QED) is 0.339. The molecule has 0 aliphatic rings. The highest BCUT2D eigenvalue weighted by Gasteiger charge is 2.11. The minimum atomic E-state index is -0.325. The summed E-state index contributed by atoms with van der Waals surface area (Å²) in [6, 6.07) is 17.0. The summed E-state index contributed by atoms with van der Waals surface area (Å²) in [5.41, 5.74) is 3.70. The zero-order valence-corrected chi connectivity index (χ0v) is 18.2. The summed E-state index contributed by atoms with van der Waals surface area (Å²) in [6.07, 6.45) is 5.41. The van der Waals surface area contributed by atoms with Gasteiger partial charge in [-0.3, -0.25) is 0 Å². The Morgan fingerprint density at radius 2 is 1.71 bits per heavy atom. The first kappa shape index (κ1) is 21.2. The molecule has 0 aliphatic carbocycles. The topological polar surface area (TPSA) is 38.0 Å². The molecule has 1 heterocycles. The van der Waals surface area contributed by atoms with Gasteiger partial charge in [0.25, 0.3) is 0 Å². The van der Waals surface area contributed by atoms with Crippen LogP contribution >= 0.6 is 23.2 Å². The number of nitrogens with zero attached hydrogens (tertiary/aromatic N) is 2. The first-order valence-electron chi connectivity index (χ1n) is 9.74. The molecule has 31 heavy (non-hydrogen) atoms. The van der Waals surface area contributed by atoms with Crippen molar-refractivity contribution in [1.29, 1.82) is 0 Å². The molecule has 156 valence electrons. The Balaban J connectivity index is 1.67. The van der Waals surface area contributed by atoms with E-state index in [2.05, 4.69) is 4.98 Å². The number of phenolic OH excluding ortho intramolecular Hbond substituents is 1. The molecule has 4 aromatic rings. The number of phenols is 1. The highest BCUT2D eigenvalue weighted by molar-refractivity contribution is 6.36. The van der Waals surface area contributed by atoms with E-state index in [1.807, 2.05) is 23.8 Å². The van der Waals surface area contributed by atoms with Crippen LogP contribution in [0.2, 0.25) is 10.0 Å². The number of imidazole rings is 1. The van der Waals surface area contributed by atoms with Crippen molar-refractivity contribution in [3.63, 3.8) is 0 Å². The Kier molecular flexibility index (Phi) is 6.12. The second kappa shape index (κ2) is 8.96. The second-order valence-electron chi connectivity index (χ2n) is 7.01. The third-order valence-corrected chi connectivity index (χ3v) is 5.51. The van der Waals surface area contributed by atoms with Crippen LogP contribution in [0.4, 0.5) is 4.39 Å². The summed E-state index contributed by atoms with van der Waals surface area (Å²) in [5, 5.41) is 10.6. The Morgan fingerprint density at radius 1 is 0.968 bits per heavy atom. The number of hydrogen-bond donors (Lipinski definition) is 1. The maximum atomic E-state index is 14.4. The van der Waals surface area contributed by atoms with Gasteiger partial charge in [-0.05, 0) is 72.7 Å². The normalized spacial score (nSPS) is 11.4. The summed E-state index contributed by atoms with van der Waals surface area (Å²) in [4.78, 5) is 4.68. The van der Waals surface area contributed by atoms with Crippen LogP contribution in [-0.2, 0) is 6.54 Å². The molecule has 0 saturated heterocycles. The number of aryl methyl sites for hydroxylation is 1. The lowest BCUT2D eigenvalue weighted by Crippen LogP contribution is -1.95. The van der Waals surface area contributed by atoms with Gasteiger partial charge in [-0.1, -0.05) is 41.4 Å². The van der Waals surface area contributed by atoms with Crippen LogP contribution in [0.25, 0.3) is 34.5 Å². The van der Waals surface area contributed by atoms with Crippen molar-refractivity contribution < 1.29 is 9.50 Å². The molecule has 0 unspecified atom stereocenters. The molecule has 4 rings (SSSR count). The summed E-state index contributed by atoms with van der Waals surface area (Å²) in [5.74, 6) is 0.557. The summed E-state index contributed by atoms with van der Waals surface area (Å²) < 4.78 is 16.4. The molecule has 3 aromatic carbocycles. The molecule has 0 bridgehead atoms. The van der Waals surface area contributed by atoms with E-state index >= 15 is 0 Å². The van der Waals surface area contributed by atoms with Gasteiger partial charge in [-0.2, -0.15) is 0 Å². The molecule has 6 heteroatoms. The predicted molar refractivity (Wildman–Crippen MR) is 126 cm³/mol. The molecular formula is C25H19Cl2FN2O. The number of aromatic hydroxyl groups is 1. The van der Waals surface area contributed by atoms with Crippen molar-refractivity contribution in [2.75, 3.05) is 0 Å². The lowest BCUT2D eigenvalue weighted by atomic mass is 10.0. The number of halogens is 3. The molecule has 0 spiro atoms. The minimum absolute atomic E-state index is 0.189. The van der Waals surface area contributed by atoms with Gasteiger partial charge >= 0.3 is 0 Å². The Morgan fingerprint density at radius 3 is 2.42 bits per heavy atom. The monoisotopic (exact) mass is 452 g/mol. The van der Waals surface area contributed by atoms with Crippen LogP contribution in [0.15, 0.2) is 66.9 Å². The third-order valence-electron chi connectivity index (χ3n) is 4.96. The molecule has 1 aromatic heterocycles. The molecule has 1 N–H and O–H groups in total. The average Bonchev–Trinajstić information content (AvgIpc) is 3.16. The van der Waals surface area contributed by atoms with E-state index in [-0.39, 0.29) is 11.6 Å². The maximum Gasteiger partial charge on any atom is 0.133 e. The highest BCUT2D eigenvalue weighted by Crippen LogP contribution is 2.30. The Labute approximate surface area is 190 Å². The fraction of sp³-hybridized carbons (Fsp3) is 0.0800. The lowest BCUT2D eigenvalue weighted by Gasteiger charge is -2.05. The number of aromatic nitrogens is 2. The maximum absolute atomic E-state index is 14.4. The zero-order valence-electron chi connectivity index (χ0n) is 16.7. The standard InChI is InChI=1S/C25H19Cl2FN2O/c1-2-30-15-24(21-10-7-19(26)14-22(21)27)29-25(30)12-6-18-13-17(5-11-23(18)28)16-3-8-20(31)9-4-16/h3-15,31H,2H2,1H3. The fourth-order valence-electron chi connectivity index (χ4n) is 3.31. The summed E-state index contributed by atoms with van der Waals surface area (Å²) >= 11 is 12.3. The van der Waals surface area contributed by atoms with Gasteiger partial charge in [0.1, 0.15) is 17.4 Å². The molecule has 0 aliphatic heterocycles. The van der Waals surface area contributed by atoms with E-state index in [1.165, 1.54) is 6.07 Å². The predicted octanol–water partition coefficient (Wildman–Crippen LogP) is 7.56. The zero-order chi connectivity index (χ0) is 22.0. The van der Waals surface area contributed by atoms with E-state index in [0.717, 1.165) is 22.4 Å². The second-order valence-corrected chi connectivity index (χ2v) is 7.85. The molecular weight excluding hydrogens is 434 g/mol. The number of hydrogen-bond acceptors (Lipinski definition) is 2. The largest absolute Gasteiger partial charge is 0.508 e. The van der Waals surface area contributed by atoms with Crippen LogP contribution in [0.5, 0.6) is 5.75 Å². The van der Waals surface area contributed by atoms with E-state index in [0.29, 0.717) is 28.0 Å². The fourth-order valence-corrected chi connectivity index (χ4v) is 3.82. The van der Waals surface area contributed by atoms with E-state index in [4.69, 9.17) is 23.2 Å². The van der Waals surface area contributed by atoms with Gasteiger partial charge in [0, 0.05) is 28.9 Å². The van der Waals surface area contributed by atoms with Gasteiger partial charge in [0.15, 0.2) is 0 Å². The lowest BCUT2D eigenvalue weighted by molar-refractivity contribution is 0.475. The van der Waals surface area contributed by atoms with Gasteiger partial charge in [-0.25, -0.2) is 9.37 Å². The molecule has 3 nitrogen and oxygen atoms in total. The van der Waals surface area contributed by atoms with Crippen LogP contribution in [0.1, 0.15) is 18.3 Å². The van der Waals surface area contributed by atoms with Crippen molar-refractivity contribution in [1.82, 2.24) is 9.55 Å². The van der Waals surface area contributed by atoms with Gasteiger partial charge in [0.2, 0.25) is 0 Å². The van der Waals surface area contributed by atoms with Crippen molar-refractivity contribution in [3.8, 4) is 28.1 Å². The van der Waals surface area contributed by atoms with E-state index in [9.17, 15) is 9.50 Å². The van der Waals surface area contributed by atoms with Crippen molar-refractivity contribution in [3.05, 3.63) is 94.1 Å². The summed E-state index contributed by atoms with van der Waals surface area (Å²) in [6.45, 7) is 2.71. The smallest absolute Gasteiger partial charge is 0.133 e. The highest BCUT2D eigenvalue weighted by atomic mass is 35.5. The first-order chi connectivity index (χ1) is 14.9. The molecule has 0 amide bonds. The number of benzene rings is 3.